The molecule has 4 nitrogen and oxygen atoms in total. The molecule has 0 radical (unpaired) electrons. The lowest BCUT2D eigenvalue weighted by atomic mass is 10.3. The maximum Gasteiger partial charge on any atom is 0.309 e. The van der Waals surface area contributed by atoms with Gasteiger partial charge in [-0.25, -0.2) is 4.68 Å². The van der Waals surface area contributed by atoms with E-state index in [1.54, 1.807) is 10.9 Å². The van der Waals surface area contributed by atoms with Crippen molar-refractivity contribution in [2.75, 3.05) is 0 Å². The predicted octanol–water partition coefficient (Wildman–Crippen LogP) is 3.32. The van der Waals surface area contributed by atoms with Gasteiger partial charge in [-0.3, -0.25) is 4.79 Å². The average Bonchev–Trinajstić information content (AvgIpc) is 2.60. The van der Waals surface area contributed by atoms with Gasteiger partial charge in [-0.05, 0) is 40.2 Å². The van der Waals surface area contributed by atoms with Crippen molar-refractivity contribution >= 4 is 37.8 Å². The van der Waals surface area contributed by atoms with Crippen LogP contribution >= 0.6 is 31.9 Å². The number of rotatable bonds is 2. The predicted molar refractivity (Wildman–Crippen MR) is 70.3 cm³/mol. The third-order valence-corrected chi connectivity index (χ3v) is 3.04. The molecule has 0 aliphatic carbocycles. The molecule has 2 rings (SSSR count). The first-order chi connectivity index (χ1) is 8.06. The standard InChI is InChI=1S/C11H8Br2N2O2/c1-7(16)17-11-10(13)6-15(14-11)9-4-2-8(12)3-5-9/h2-6H,1H3. The fourth-order valence-corrected chi connectivity index (χ4v) is 1.89. The van der Waals surface area contributed by atoms with E-state index in [4.69, 9.17) is 4.74 Å². The summed E-state index contributed by atoms with van der Waals surface area (Å²) in [6, 6.07) is 7.63. The van der Waals surface area contributed by atoms with Crippen molar-refractivity contribution in [1.29, 1.82) is 0 Å². The molecule has 0 unspecified atom stereocenters. The van der Waals surface area contributed by atoms with Gasteiger partial charge in [-0.1, -0.05) is 15.9 Å². The van der Waals surface area contributed by atoms with Crippen LogP contribution in [-0.4, -0.2) is 15.7 Å². The highest BCUT2D eigenvalue weighted by Crippen LogP contribution is 2.25. The van der Waals surface area contributed by atoms with Crippen LogP contribution in [0.1, 0.15) is 6.92 Å². The van der Waals surface area contributed by atoms with Gasteiger partial charge in [0, 0.05) is 17.6 Å². The fraction of sp³-hybridized carbons (Fsp3) is 0.0909. The molecule has 0 saturated heterocycles. The highest BCUT2D eigenvalue weighted by molar-refractivity contribution is 9.10. The van der Waals surface area contributed by atoms with Gasteiger partial charge < -0.3 is 4.74 Å². The van der Waals surface area contributed by atoms with E-state index in [1.807, 2.05) is 24.3 Å². The molecule has 17 heavy (non-hydrogen) atoms. The van der Waals surface area contributed by atoms with Gasteiger partial charge in [-0.15, -0.1) is 5.10 Å². The molecular weight excluding hydrogens is 352 g/mol. The fourth-order valence-electron chi connectivity index (χ4n) is 1.27. The molecule has 1 aromatic carbocycles. The number of nitrogens with zero attached hydrogens (tertiary/aromatic N) is 2. The summed E-state index contributed by atoms with van der Waals surface area (Å²) in [7, 11) is 0. The van der Waals surface area contributed by atoms with Crippen LogP contribution in [0.15, 0.2) is 39.4 Å². The topological polar surface area (TPSA) is 44.1 Å². The lowest BCUT2D eigenvalue weighted by Gasteiger charge is -2.00. The molecule has 2 aromatic rings. The van der Waals surface area contributed by atoms with Crippen molar-refractivity contribution in [3.05, 3.63) is 39.4 Å². The molecule has 0 fully saturated rings. The maximum atomic E-state index is 10.9. The number of hydrogen-bond donors (Lipinski definition) is 0. The van der Waals surface area contributed by atoms with Crippen molar-refractivity contribution in [3.63, 3.8) is 0 Å². The van der Waals surface area contributed by atoms with Crippen LogP contribution < -0.4 is 4.74 Å². The average molecular weight is 360 g/mol. The highest BCUT2D eigenvalue weighted by atomic mass is 79.9. The number of aromatic nitrogens is 2. The summed E-state index contributed by atoms with van der Waals surface area (Å²) >= 11 is 6.65. The zero-order chi connectivity index (χ0) is 12.4. The summed E-state index contributed by atoms with van der Waals surface area (Å²) in [4.78, 5) is 10.9. The Morgan fingerprint density at radius 3 is 2.53 bits per heavy atom. The van der Waals surface area contributed by atoms with E-state index in [0.29, 0.717) is 4.47 Å². The third-order valence-electron chi connectivity index (χ3n) is 1.97. The van der Waals surface area contributed by atoms with Gasteiger partial charge in [0.1, 0.15) is 4.47 Å². The van der Waals surface area contributed by atoms with Gasteiger partial charge in [-0.2, -0.15) is 0 Å². The minimum Gasteiger partial charge on any atom is -0.405 e. The number of carbonyl (C=O) groups excluding carboxylic acids is 1. The molecule has 0 bridgehead atoms. The summed E-state index contributed by atoms with van der Waals surface area (Å²) in [5.41, 5.74) is 0.882. The van der Waals surface area contributed by atoms with Crippen molar-refractivity contribution in [2.24, 2.45) is 0 Å². The summed E-state index contributed by atoms with van der Waals surface area (Å²) in [6.45, 7) is 1.34. The van der Waals surface area contributed by atoms with Crippen LogP contribution in [0.2, 0.25) is 0 Å². The molecule has 0 aliphatic heterocycles. The molecule has 88 valence electrons. The summed E-state index contributed by atoms with van der Waals surface area (Å²) in [5.74, 6) is -0.132. The zero-order valence-electron chi connectivity index (χ0n) is 8.85. The van der Waals surface area contributed by atoms with Gasteiger partial charge in [0.2, 0.25) is 0 Å². The van der Waals surface area contributed by atoms with Crippen molar-refractivity contribution in [3.8, 4) is 11.6 Å². The van der Waals surface area contributed by atoms with Crippen LogP contribution in [0.3, 0.4) is 0 Å². The molecular formula is C11H8Br2N2O2. The Kier molecular flexibility index (Phi) is 3.63. The molecule has 0 amide bonds. The van der Waals surface area contributed by atoms with E-state index < -0.39 is 5.97 Å². The lowest BCUT2D eigenvalue weighted by Crippen LogP contribution is -2.03. The van der Waals surface area contributed by atoms with Gasteiger partial charge in [0.05, 0.1) is 5.69 Å². The second-order valence-electron chi connectivity index (χ2n) is 3.30. The Morgan fingerprint density at radius 2 is 1.94 bits per heavy atom. The molecule has 0 spiro atoms. The first-order valence-corrected chi connectivity index (χ1v) is 6.34. The Labute approximate surface area is 115 Å². The summed E-state index contributed by atoms with van der Waals surface area (Å²) < 4.78 is 8.21. The van der Waals surface area contributed by atoms with Crippen LogP contribution in [0.5, 0.6) is 5.88 Å². The Bertz CT molecular complexity index is 549. The monoisotopic (exact) mass is 358 g/mol. The van der Waals surface area contributed by atoms with E-state index in [9.17, 15) is 4.79 Å². The third kappa shape index (κ3) is 2.95. The normalized spacial score (nSPS) is 10.3. The molecule has 1 aromatic heterocycles. The molecule has 0 atom stereocenters. The zero-order valence-corrected chi connectivity index (χ0v) is 12.0. The number of esters is 1. The molecule has 0 aliphatic rings. The van der Waals surface area contributed by atoms with E-state index in [0.717, 1.165) is 10.2 Å². The minimum absolute atomic E-state index is 0.264. The van der Waals surface area contributed by atoms with E-state index in [2.05, 4.69) is 37.0 Å². The number of benzene rings is 1. The number of halogens is 2. The minimum atomic E-state index is -0.397. The van der Waals surface area contributed by atoms with Crippen molar-refractivity contribution < 1.29 is 9.53 Å². The number of ether oxygens (including phenoxy) is 1. The second-order valence-corrected chi connectivity index (χ2v) is 5.07. The molecule has 0 N–H and O–H groups in total. The first-order valence-electron chi connectivity index (χ1n) is 4.76. The number of carbonyl (C=O) groups is 1. The van der Waals surface area contributed by atoms with Crippen LogP contribution in [-0.2, 0) is 4.79 Å². The summed E-state index contributed by atoms with van der Waals surface area (Å²) in [6.07, 6.45) is 1.74. The van der Waals surface area contributed by atoms with Crippen LogP contribution in [0.25, 0.3) is 5.69 Å². The van der Waals surface area contributed by atoms with Gasteiger partial charge >= 0.3 is 5.97 Å². The highest BCUT2D eigenvalue weighted by Gasteiger charge is 2.10. The quantitative estimate of drug-likeness (QED) is 0.772. The van der Waals surface area contributed by atoms with E-state index >= 15 is 0 Å². The lowest BCUT2D eigenvalue weighted by molar-refractivity contribution is -0.132. The number of hydrogen-bond acceptors (Lipinski definition) is 3. The van der Waals surface area contributed by atoms with Crippen LogP contribution in [0.4, 0.5) is 0 Å². The Morgan fingerprint density at radius 1 is 1.29 bits per heavy atom. The van der Waals surface area contributed by atoms with E-state index in [1.165, 1.54) is 6.92 Å². The Balaban J connectivity index is 2.34. The molecule has 0 saturated carbocycles. The Hall–Kier alpha value is -1.14. The van der Waals surface area contributed by atoms with Crippen molar-refractivity contribution in [2.45, 2.75) is 6.92 Å². The first kappa shape index (κ1) is 12.3. The second kappa shape index (κ2) is 5.01. The van der Waals surface area contributed by atoms with E-state index in [-0.39, 0.29) is 5.88 Å². The van der Waals surface area contributed by atoms with Gasteiger partial charge in [0.15, 0.2) is 0 Å². The van der Waals surface area contributed by atoms with Gasteiger partial charge in [0.25, 0.3) is 5.88 Å². The maximum absolute atomic E-state index is 10.9. The summed E-state index contributed by atoms with van der Waals surface area (Å²) in [5, 5.41) is 4.16. The smallest absolute Gasteiger partial charge is 0.309 e. The molecule has 1 heterocycles. The largest absolute Gasteiger partial charge is 0.405 e. The molecule has 6 heteroatoms. The van der Waals surface area contributed by atoms with Crippen molar-refractivity contribution in [1.82, 2.24) is 9.78 Å². The van der Waals surface area contributed by atoms with Crippen LogP contribution in [0, 0.1) is 0 Å². The SMILES string of the molecule is CC(=O)Oc1nn(-c2ccc(Br)cc2)cc1Br.